The molecule has 2 N–H and O–H groups in total. The summed E-state index contributed by atoms with van der Waals surface area (Å²) in [4.78, 5) is 2.14. The highest BCUT2D eigenvalue weighted by Crippen LogP contribution is 2.23. The van der Waals surface area contributed by atoms with E-state index in [1.165, 1.54) is 5.56 Å². The van der Waals surface area contributed by atoms with Crippen LogP contribution < -0.4 is 0 Å². The Morgan fingerprint density at radius 3 is 3.00 bits per heavy atom. The average molecular weight is 271 g/mol. The van der Waals surface area contributed by atoms with E-state index in [9.17, 15) is 0 Å². The summed E-state index contributed by atoms with van der Waals surface area (Å²) in [5.74, 6) is 0. The predicted molar refractivity (Wildman–Crippen MR) is 81.3 cm³/mol. The van der Waals surface area contributed by atoms with Crippen LogP contribution in [-0.2, 0) is 6.54 Å². The first-order valence-electron chi connectivity index (χ1n) is 6.78. The van der Waals surface area contributed by atoms with Gasteiger partial charge in [-0.15, -0.1) is 6.58 Å². The van der Waals surface area contributed by atoms with Crippen LogP contribution >= 0.6 is 0 Å². The first kappa shape index (κ1) is 14.5. The van der Waals surface area contributed by atoms with Crippen molar-refractivity contribution < 1.29 is 5.11 Å². The summed E-state index contributed by atoms with van der Waals surface area (Å²) in [5, 5.41) is 16.4. The van der Waals surface area contributed by atoms with E-state index in [0.29, 0.717) is 6.54 Å². The lowest BCUT2D eigenvalue weighted by Crippen LogP contribution is -2.26. The maximum Gasteiger partial charge on any atom is 0.0695 e. The lowest BCUT2D eigenvalue weighted by molar-refractivity contribution is 0.203. The van der Waals surface area contributed by atoms with Gasteiger partial charge in [-0.2, -0.15) is 5.10 Å². The third kappa shape index (κ3) is 3.56. The smallest absolute Gasteiger partial charge is 0.0695 e. The van der Waals surface area contributed by atoms with Crippen LogP contribution in [0.4, 0.5) is 0 Å². The number of hydrogen-bond acceptors (Lipinski definition) is 3. The van der Waals surface area contributed by atoms with Crippen LogP contribution in [0.15, 0.2) is 43.1 Å². The fraction of sp³-hybridized carbons (Fsp3) is 0.312. The minimum Gasteiger partial charge on any atom is -0.395 e. The highest BCUT2D eigenvalue weighted by atomic mass is 16.3. The van der Waals surface area contributed by atoms with E-state index in [1.807, 2.05) is 18.3 Å². The van der Waals surface area contributed by atoms with E-state index in [0.717, 1.165) is 29.9 Å². The number of aliphatic hydroxyl groups is 1. The summed E-state index contributed by atoms with van der Waals surface area (Å²) in [5.41, 5.74) is 4.54. The van der Waals surface area contributed by atoms with Gasteiger partial charge in [-0.3, -0.25) is 10.00 Å². The van der Waals surface area contributed by atoms with Crippen LogP contribution in [0.1, 0.15) is 11.1 Å². The third-order valence-corrected chi connectivity index (χ3v) is 3.22. The van der Waals surface area contributed by atoms with Crippen LogP contribution in [0.2, 0.25) is 0 Å². The average Bonchev–Trinajstić information content (AvgIpc) is 2.87. The number of H-pyrrole nitrogens is 1. The molecule has 4 nitrogen and oxygen atoms in total. The lowest BCUT2D eigenvalue weighted by atomic mass is 10.1. The van der Waals surface area contributed by atoms with E-state index in [2.05, 4.69) is 46.8 Å². The molecule has 0 saturated heterocycles. The van der Waals surface area contributed by atoms with Gasteiger partial charge in [0, 0.05) is 30.8 Å². The fourth-order valence-electron chi connectivity index (χ4n) is 2.28. The molecule has 0 aliphatic carbocycles. The molecule has 1 aromatic heterocycles. The second-order valence-corrected chi connectivity index (χ2v) is 4.89. The molecule has 0 atom stereocenters. The first-order valence-corrected chi connectivity index (χ1v) is 6.78. The summed E-state index contributed by atoms with van der Waals surface area (Å²) in [6.45, 7) is 8.10. The van der Waals surface area contributed by atoms with E-state index in [4.69, 9.17) is 5.11 Å². The molecule has 106 valence electrons. The van der Waals surface area contributed by atoms with Crippen molar-refractivity contribution in [1.29, 1.82) is 0 Å². The van der Waals surface area contributed by atoms with Crippen molar-refractivity contribution in [1.82, 2.24) is 15.1 Å². The zero-order valence-electron chi connectivity index (χ0n) is 11.8. The Morgan fingerprint density at radius 1 is 1.45 bits per heavy atom. The second kappa shape index (κ2) is 7.03. The van der Waals surface area contributed by atoms with Crippen LogP contribution in [0, 0.1) is 6.92 Å². The number of aromatic amines is 1. The Kier molecular flexibility index (Phi) is 5.09. The monoisotopic (exact) mass is 271 g/mol. The lowest BCUT2D eigenvalue weighted by Gasteiger charge is -2.19. The molecular weight excluding hydrogens is 250 g/mol. The van der Waals surface area contributed by atoms with Crippen LogP contribution in [0.3, 0.4) is 0 Å². The fourth-order valence-corrected chi connectivity index (χ4v) is 2.28. The SMILES string of the molecule is C=CCN(CCO)Cc1cn[nH]c1-c1cccc(C)c1. The zero-order chi connectivity index (χ0) is 14.4. The first-order chi connectivity index (χ1) is 9.74. The van der Waals surface area contributed by atoms with E-state index < -0.39 is 0 Å². The second-order valence-electron chi connectivity index (χ2n) is 4.89. The molecule has 2 aromatic rings. The molecule has 4 heteroatoms. The van der Waals surface area contributed by atoms with Crippen molar-refractivity contribution in [3.63, 3.8) is 0 Å². The molecule has 1 heterocycles. The Morgan fingerprint density at radius 2 is 2.30 bits per heavy atom. The van der Waals surface area contributed by atoms with Crippen LogP contribution in [0.5, 0.6) is 0 Å². The molecule has 0 saturated carbocycles. The quantitative estimate of drug-likeness (QED) is 0.760. The minimum absolute atomic E-state index is 0.144. The van der Waals surface area contributed by atoms with Gasteiger partial charge in [0.2, 0.25) is 0 Å². The van der Waals surface area contributed by atoms with Crippen LogP contribution in [-0.4, -0.2) is 39.9 Å². The number of aromatic nitrogens is 2. The Labute approximate surface area is 119 Å². The molecule has 0 aliphatic rings. The molecule has 0 amide bonds. The van der Waals surface area contributed by atoms with Crippen molar-refractivity contribution in [3.8, 4) is 11.3 Å². The third-order valence-electron chi connectivity index (χ3n) is 3.22. The Hall–Kier alpha value is -1.91. The van der Waals surface area contributed by atoms with Crippen molar-refractivity contribution in [2.24, 2.45) is 0 Å². The van der Waals surface area contributed by atoms with Crippen molar-refractivity contribution in [2.75, 3.05) is 19.7 Å². The number of rotatable bonds is 7. The molecule has 20 heavy (non-hydrogen) atoms. The normalized spacial score (nSPS) is 10.9. The summed E-state index contributed by atoms with van der Waals surface area (Å²) in [6.07, 6.45) is 3.70. The van der Waals surface area contributed by atoms with Crippen LogP contribution in [0.25, 0.3) is 11.3 Å². The highest BCUT2D eigenvalue weighted by molar-refractivity contribution is 5.63. The molecule has 0 radical (unpaired) electrons. The number of aryl methyl sites for hydroxylation is 1. The summed E-state index contributed by atoms with van der Waals surface area (Å²) >= 11 is 0. The van der Waals surface area contributed by atoms with Gasteiger partial charge in [-0.25, -0.2) is 0 Å². The van der Waals surface area contributed by atoms with Gasteiger partial charge < -0.3 is 5.11 Å². The van der Waals surface area contributed by atoms with E-state index in [-0.39, 0.29) is 6.61 Å². The maximum atomic E-state index is 9.12. The summed E-state index contributed by atoms with van der Waals surface area (Å²) < 4.78 is 0. The summed E-state index contributed by atoms with van der Waals surface area (Å²) in [6, 6.07) is 8.34. The van der Waals surface area contributed by atoms with Crippen molar-refractivity contribution >= 4 is 0 Å². The van der Waals surface area contributed by atoms with Gasteiger partial charge in [0.25, 0.3) is 0 Å². The van der Waals surface area contributed by atoms with Gasteiger partial charge in [0.15, 0.2) is 0 Å². The van der Waals surface area contributed by atoms with Crippen molar-refractivity contribution in [3.05, 3.63) is 54.2 Å². The number of aliphatic hydroxyl groups excluding tert-OH is 1. The minimum atomic E-state index is 0.144. The maximum absolute atomic E-state index is 9.12. The Balaban J connectivity index is 2.21. The topological polar surface area (TPSA) is 52.1 Å². The van der Waals surface area contributed by atoms with Gasteiger partial charge in [0.1, 0.15) is 0 Å². The van der Waals surface area contributed by atoms with Gasteiger partial charge in [-0.05, 0) is 13.0 Å². The predicted octanol–water partition coefficient (Wildman–Crippen LogP) is 2.37. The molecule has 0 fully saturated rings. The van der Waals surface area contributed by atoms with E-state index in [1.54, 1.807) is 0 Å². The zero-order valence-corrected chi connectivity index (χ0v) is 11.8. The van der Waals surface area contributed by atoms with Gasteiger partial charge in [0.05, 0.1) is 18.5 Å². The van der Waals surface area contributed by atoms with Gasteiger partial charge >= 0.3 is 0 Å². The van der Waals surface area contributed by atoms with Crippen molar-refractivity contribution in [2.45, 2.75) is 13.5 Å². The largest absolute Gasteiger partial charge is 0.395 e. The number of nitrogens with one attached hydrogen (secondary N) is 1. The molecular formula is C16H21N3O. The molecule has 0 aliphatic heterocycles. The Bertz CT molecular complexity index is 562. The van der Waals surface area contributed by atoms with Gasteiger partial charge in [-0.1, -0.05) is 29.8 Å². The molecule has 1 aromatic carbocycles. The number of benzene rings is 1. The molecule has 0 spiro atoms. The molecule has 0 unspecified atom stereocenters. The summed E-state index contributed by atoms with van der Waals surface area (Å²) in [7, 11) is 0. The standard InChI is InChI=1S/C16H21N3O/c1-3-7-19(8-9-20)12-15-11-17-18-16(15)14-6-4-5-13(2)10-14/h3-6,10-11,20H,1,7-9,12H2,2H3,(H,17,18). The molecule has 2 rings (SSSR count). The highest BCUT2D eigenvalue weighted by Gasteiger charge is 2.11. The number of nitrogens with zero attached hydrogens (tertiary/aromatic N) is 2. The molecule has 0 bridgehead atoms. The number of hydrogen-bond donors (Lipinski definition) is 2. The van der Waals surface area contributed by atoms with E-state index >= 15 is 0 Å².